The van der Waals surface area contributed by atoms with Crippen LogP contribution in [0.3, 0.4) is 0 Å². The van der Waals surface area contributed by atoms with E-state index in [2.05, 4.69) is 4.98 Å². The van der Waals surface area contributed by atoms with Gasteiger partial charge in [-0.1, -0.05) is 23.7 Å². The van der Waals surface area contributed by atoms with Gasteiger partial charge in [0.1, 0.15) is 17.0 Å². The Bertz CT molecular complexity index is 588. The maximum atomic E-state index is 10.9. The fourth-order valence-electron chi connectivity index (χ4n) is 2.23. The average Bonchev–Trinajstić information content (AvgIpc) is 2.76. The van der Waals surface area contributed by atoms with Gasteiger partial charge < -0.3 is 9.72 Å². The lowest BCUT2D eigenvalue weighted by molar-refractivity contribution is 0.112. The van der Waals surface area contributed by atoms with Crippen molar-refractivity contribution in [2.45, 2.75) is 19.4 Å². The minimum Gasteiger partial charge on any atom is -0.488 e. The van der Waals surface area contributed by atoms with Crippen LogP contribution in [-0.2, 0) is 6.42 Å². The van der Waals surface area contributed by atoms with E-state index in [0.717, 1.165) is 34.9 Å². The number of aromatic amines is 1. The molecule has 3 nitrogen and oxygen atoms in total. The van der Waals surface area contributed by atoms with Crippen LogP contribution in [0.15, 0.2) is 12.1 Å². The van der Waals surface area contributed by atoms with Crippen molar-refractivity contribution in [1.82, 2.24) is 4.98 Å². The van der Waals surface area contributed by atoms with Crippen LogP contribution in [-0.4, -0.2) is 17.4 Å². The van der Waals surface area contributed by atoms with Gasteiger partial charge in [0, 0.05) is 17.4 Å². The zero-order chi connectivity index (χ0) is 11.3. The Hall–Kier alpha value is -1.48. The van der Waals surface area contributed by atoms with E-state index in [9.17, 15) is 4.79 Å². The van der Waals surface area contributed by atoms with Crippen molar-refractivity contribution in [3.05, 3.63) is 28.4 Å². The molecule has 1 aromatic heterocycles. The Morgan fingerprint density at radius 1 is 1.56 bits per heavy atom. The maximum absolute atomic E-state index is 10.9. The Kier molecular flexibility index (Phi) is 1.98. The van der Waals surface area contributed by atoms with Gasteiger partial charge in [0.2, 0.25) is 0 Å². The third-order valence-corrected chi connectivity index (χ3v) is 3.24. The molecule has 3 rings (SSSR count). The highest BCUT2D eigenvalue weighted by Gasteiger charge is 2.23. The molecular weight excluding hydrogens is 226 g/mol. The molecule has 2 aromatic rings. The van der Waals surface area contributed by atoms with Crippen LogP contribution in [0.4, 0.5) is 0 Å². The molecule has 0 amide bonds. The summed E-state index contributed by atoms with van der Waals surface area (Å²) in [7, 11) is 0. The first kappa shape index (κ1) is 9.73. The highest BCUT2D eigenvalue weighted by Crippen LogP contribution is 2.38. The quantitative estimate of drug-likeness (QED) is 0.773. The van der Waals surface area contributed by atoms with Crippen LogP contribution in [0.25, 0.3) is 10.9 Å². The zero-order valence-electron chi connectivity index (χ0n) is 8.71. The van der Waals surface area contributed by atoms with Gasteiger partial charge in [-0.15, -0.1) is 0 Å². The summed E-state index contributed by atoms with van der Waals surface area (Å²) in [6.45, 7) is 2.02. The number of rotatable bonds is 1. The molecule has 0 saturated carbocycles. The number of hydrogen-bond acceptors (Lipinski definition) is 2. The van der Waals surface area contributed by atoms with E-state index in [1.165, 1.54) is 0 Å². The number of aromatic nitrogens is 1. The van der Waals surface area contributed by atoms with E-state index in [1.54, 1.807) is 0 Å². The third-order valence-electron chi connectivity index (χ3n) is 2.94. The smallest absolute Gasteiger partial charge is 0.153 e. The molecule has 0 aliphatic carbocycles. The number of fused-ring (bicyclic) bond motifs is 3. The minimum absolute atomic E-state index is 0.183. The molecule has 82 valence electrons. The molecule has 1 aromatic carbocycles. The highest BCUT2D eigenvalue weighted by atomic mass is 35.5. The maximum Gasteiger partial charge on any atom is 0.153 e. The molecule has 1 atom stereocenters. The predicted octanol–water partition coefficient (Wildman–Crippen LogP) is 2.96. The molecule has 16 heavy (non-hydrogen) atoms. The van der Waals surface area contributed by atoms with Crippen molar-refractivity contribution in [1.29, 1.82) is 0 Å². The Balaban J connectivity index is 2.35. The van der Waals surface area contributed by atoms with E-state index in [-0.39, 0.29) is 6.10 Å². The van der Waals surface area contributed by atoms with Crippen molar-refractivity contribution in [3.8, 4) is 5.75 Å². The Morgan fingerprint density at radius 3 is 3.12 bits per heavy atom. The minimum atomic E-state index is 0.183. The summed E-state index contributed by atoms with van der Waals surface area (Å²) in [5.41, 5.74) is 2.49. The van der Waals surface area contributed by atoms with Crippen molar-refractivity contribution in [2.75, 3.05) is 0 Å². The number of aldehydes is 1. The number of benzene rings is 1. The molecule has 1 aliphatic rings. The standard InChI is InChI=1S/C12H10ClNO2/c1-6-4-7-2-3-8-9(5-15)12(13)14-10(8)11(7)16-6/h2-3,5-6,14H,4H2,1H3. The molecule has 2 heterocycles. The van der Waals surface area contributed by atoms with Gasteiger partial charge in [-0.05, 0) is 6.92 Å². The molecule has 0 spiro atoms. The van der Waals surface area contributed by atoms with Gasteiger partial charge in [0.25, 0.3) is 0 Å². The van der Waals surface area contributed by atoms with Crippen LogP contribution < -0.4 is 4.74 Å². The lowest BCUT2D eigenvalue weighted by atomic mass is 10.1. The summed E-state index contributed by atoms with van der Waals surface area (Å²) >= 11 is 5.96. The number of hydrogen-bond donors (Lipinski definition) is 1. The molecule has 1 aliphatic heterocycles. The molecule has 0 bridgehead atoms. The van der Waals surface area contributed by atoms with E-state index in [1.807, 2.05) is 19.1 Å². The second-order valence-electron chi connectivity index (χ2n) is 4.08. The van der Waals surface area contributed by atoms with Crippen molar-refractivity contribution < 1.29 is 9.53 Å². The molecule has 1 unspecified atom stereocenters. The Labute approximate surface area is 97.4 Å². The van der Waals surface area contributed by atoms with Crippen molar-refractivity contribution in [3.63, 3.8) is 0 Å². The van der Waals surface area contributed by atoms with E-state index < -0.39 is 0 Å². The van der Waals surface area contributed by atoms with Gasteiger partial charge in [-0.25, -0.2) is 0 Å². The van der Waals surface area contributed by atoms with Crippen LogP contribution in [0.2, 0.25) is 5.15 Å². The monoisotopic (exact) mass is 235 g/mol. The first-order chi connectivity index (χ1) is 7.70. The predicted molar refractivity (Wildman–Crippen MR) is 62.5 cm³/mol. The second-order valence-corrected chi connectivity index (χ2v) is 4.46. The van der Waals surface area contributed by atoms with Crippen LogP contribution in [0.1, 0.15) is 22.8 Å². The lowest BCUT2D eigenvalue weighted by Gasteiger charge is -2.03. The number of H-pyrrole nitrogens is 1. The number of carbonyl (C=O) groups excluding carboxylic acids is 1. The molecular formula is C12H10ClNO2. The number of halogens is 1. The first-order valence-electron chi connectivity index (χ1n) is 5.15. The number of carbonyl (C=O) groups is 1. The highest BCUT2D eigenvalue weighted by molar-refractivity contribution is 6.34. The van der Waals surface area contributed by atoms with Gasteiger partial charge >= 0.3 is 0 Å². The SMILES string of the molecule is CC1Cc2ccc3c(C=O)c(Cl)[nH]c3c2O1. The molecule has 0 saturated heterocycles. The van der Waals surface area contributed by atoms with Gasteiger partial charge in [-0.2, -0.15) is 0 Å². The lowest BCUT2D eigenvalue weighted by Crippen LogP contribution is -2.05. The van der Waals surface area contributed by atoms with E-state index in [4.69, 9.17) is 16.3 Å². The molecule has 0 fully saturated rings. The fourth-order valence-corrected chi connectivity index (χ4v) is 2.47. The Morgan fingerprint density at radius 2 is 2.38 bits per heavy atom. The normalized spacial score (nSPS) is 18.5. The summed E-state index contributed by atoms with van der Waals surface area (Å²) in [6.07, 6.45) is 1.85. The second kappa shape index (κ2) is 3.25. The van der Waals surface area contributed by atoms with Crippen molar-refractivity contribution in [2.24, 2.45) is 0 Å². The largest absolute Gasteiger partial charge is 0.488 e. The van der Waals surface area contributed by atoms with E-state index in [0.29, 0.717) is 10.7 Å². The van der Waals surface area contributed by atoms with Gasteiger partial charge in [-0.3, -0.25) is 4.79 Å². The van der Waals surface area contributed by atoms with Crippen LogP contribution in [0, 0.1) is 0 Å². The van der Waals surface area contributed by atoms with E-state index >= 15 is 0 Å². The summed E-state index contributed by atoms with van der Waals surface area (Å²) in [5, 5.41) is 1.20. The molecule has 0 radical (unpaired) electrons. The third kappa shape index (κ3) is 1.18. The fraction of sp³-hybridized carbons (Fsp3) is 0.250. The molecule has 4 heteroatoms. The molecule has 1 N–H and O–H groups in total. The summed E-state index contributed by atoms with van der Waals surface area (Å²) in [6, 6.07) is 3.92. The van der Waals surface area contributed by atoms with Gasteiger partial charge in [0.15, 0.2) is 6.29 Å². The topological polar surface area (TPSA) is 42.1 Å². The van der Waals surface area contributed by atoms with Gasteiger partial charge in [0.05, 0.1) is 11.1 Å². The van der Waals surface area contributed by atoms with Crippen molar-refractivity contribution >= 4 is 28.8 Å². The first-order valence-corrected chi connectivity index (χ1v) is 5.53. The number of ether oxygens (including phenoxy) is 1. The number of nitrogens with one attached hydrogen (secondary N) is 1. The van der Waals surface area contributed by atoms with Crippen LogP contribution >= 0.6 is 11.6 Å². The summed E-state index contributed by atoms with van der Waals surface area (Å²) in [4.78, 5) is 13.9. The van der Waals surface area contributed by atoms with Crippen LogP contribution in [0.5, 0.6) is 5.75 Å². The zero-order valence-corrected chi connectivity index (χ0v) is 9.47. The average molecular weight is 236 g/mol. The summed E-state index contributed by atoms with van der Waals surface area (Å²) < 4.78 is 5.73. The summed E-state index contributed by atoms with van der Waals surface area (Å²) in [5.74, 6) is 0.833.